The Morgan fingerprint density at radius 3 is 2.65 bits per heavy atom. The topological polar surface area (TPSA) is 29.5 Å². The molecule has 0 spiro atoms. The Morgan fingerprint density at radius 2 is 1.95 bits per heavy atom. The van der Waals surface area contributed by atoms with Crippen LogP contribution in [0.2, 0.25) is 0 Å². The third-order valence-electron chi connectivity index (χ3n) is 3.34. The summed E-state index contributed by atoms with van der Waals surface area (Å²) < 4.78 is 5.23. The van der Waals surface area contributed by atoms with Crippen LogP contribution < -0.4 is 4.74 Å². The molecule has 0 aliphatic heterocycles. The zero-order chi connectivity index (χ0) is 14.5. The quantitative estimate of drug-likeness (QED) is 0.854. The molecule has 0 atom stereocenters. The van der Waals surface area contributed by atoms with E-state index >= 15 is 0 Å². The molecule has 1 N–H and O–H groups in total. The van der Waals surface area contributed by atoms with E-state index in [1.54, 1.807) is 7.11 Å². The van der Waals surface area contributed by atoms with Crippen molar-refractivity contribution >= 4 is 11.6 Å². The summed E-state index contributed by atoms with van der Waals surface area (Å²) in [7, 11) is 1.65. The number of hydrogen-bond donors (Lipinski definition) is 1. The van der Waals surface area contributed by atoms with Crippen LogP contribution in [0.1, 0.15) is 22.3 Å². The van der Waals surface area contributed by atoms with Gasteiger partial charge in [-0.15, -0.1) is 0 Å². The second kappa shape index (κ2) is 6.40. The first-order valence-electron chi connectivity index (χ1n) is 6.67. The Morgan fingerprint density at radius 1 is 1.15 bits per heavy atom. The average molecular weight is 268 g/mol. The van der Waals surface area contributed by atoms with Gasteiger partial charge < -0.3 is 9.84 Å². The fourth-order valence-corrected chi connectivity index (χ4v) is 2.22. The fraction of sp³-hybridized carbons (Fsp3) is 0.222. The lowest BCUT2D eigenvalue weighted by Crippen LogP contribution is -1.95. The van der Waals surface area contributed by atoms with Gasteiger partial charge in [0.25, 0.3) is 0 Å². The molecule has 0 radical (unpaired) electrons. The summed E-state index contributed by atoms with van der Waals surface area (Å²) >= 11 is 0. The lowest BCUT2D eigenvalue weighted by molar-refractivity contribution is 0.350. The highest BCUT2D eigenvalue weighted by atomic mass is 16.5. The van der Waals surface area contributed by atoms with Crippen molar-refractivity contribution in [3.8, 4) is 5.75 Å². The van der Waals surface area contributed by atoms with Crippen LogP contribution in [0, 0.1) is 13.8 Å². The van der Waals surface area contributed by atoms with Crippen molar-refractivity contribution < 1.29 is 9.84 Å². The lowest BCUT2D eigenvalue weighted by atomic mass is 9.97. The molecule has 0 bridgehead atoms. The molecule has 0 aromatic heterocycles. The number of methoxy groups -OCH3 is 1. The molecule has 0 aliphatic carbocycles. The Kier molecular flexibility index (Phi) is 4.59. The van der Waals surface area contributed by atoms with E-state index in [1.165, 1.54) is 11.1 Å². The van der Waals surface area contributed by atoms with E-state index in [0.29, 0.717) is 0 Å². The van der Waals surface area contributed by atoms with Gasteiger partial charge in [-0.25, -0.2) is 0 Å². The van der Waals surface area contributed by atoms with Crippen molar-refractivity contribution in [3.05, 3.63) is 64.7 Å². The first-order chi connectivity index (χ1) is 9.63. The molecule has 2 rings (SSSR count). The summed E-state index contributed by atoms with van der Waals surface area (Å²) in [5, 5.41) is 9.68. The van der Waals surface area contributed by atoms with Crippen LogP contribution in [0.15, 0.2) is 42.5 Å². The number of rotatable bonds is 4. The number of aliphatic hydroxyl groups is 1. The van der Waals surface area contributed by atoms with Crippen LogP contribution in [0.25, 0.3) is 11.6 Å². The Balaban J connectivity index is 2.45. The summed E-state index contributed by atoms with van der Waals surface area (Å²) in [6.45, 7) is 4.13. The minimum Gasteiger partial charge on any atom is -0.497 e. The number of benzene rings is 2. The fourth-order valence-electron chi connectivity index (χ4n) is 2.22. The maximum absolute atomic E-state index is 9.68. The zero-order valence-corrected chi connectivity index (χ0v) is 12.2. The highest BCUT2D eigenvalue weighted by molar-refractivity contribution is 5.83. The molecule has 0 unspecified atom stereocenters. The van der Waals surface area contributed by atoms with Crippen LogP contribution in [0.5, 0.6) is 5.75 Å². The van der Waals surface area contributed by atoms with E-state index in [4.69, 9.17) is 4.74 Å². The zero-order valence-electron chi connectivity index (χ0n) is 12.2. The van der Waals surface area contributed by atoms with E-state index in [9.17, 15) is 5.11 Å². The van der Waals surface area contributed by atoms with Gasteiger partial charge in [0.1, 0.15) is 5.75 Å². The van der Waals surface area contributed by atoms with Gasteiger partial charge in [0.15, 0.2) is 0 Å². The van der Waals surface area contributed by atoms with Crippen molar-refractivity contribution in [1.29, 1.82) is 0 Å². The minimum absolute atomic E-state index is 0.0154. The van der Waals surface area contributed by atoms with Gasteiger partial charge >= 0.3 is 0 Å². The number of aryl methyl sites for hydroxylation is 2. The third-order valence-corrected chi connectivity index (χ3v) is 3.34. The van der Waals surface area contributed by atoms with Crippen LogP contribution in [0.3, 0.4) is 0 Å². The van der Waals surface area contributed by atoms with Crippen molar-refractivity contribution in [3.63, 3.8) is 0 Å². The molecule has 104 valence electrons. The molecule has 2 heteroatoms. The minimum atomic E-state index is 0.0154. The highest BCUT2D eigenvalue weighted by Crippen LogP contribution is 2.24. The maximum atomic E-state index is 9.68. The normalized spacial score (nSPS) is 11.5. The Bertz CT molecular complexity index is 627. The molecule has 0 heterocycles. The summed E-state index contributed by atoms with van der Waals surface area (Å²) in [6.07, 6.45) is 2.00. The summed E-state index contributed by atoms with van der Waals surface area (Å²) in [4.78, 5) is 0. The van der Waals surface area contributed by atoms with Gasteiger partial charge in [-0.05, 0) is 54.3 Å². The molecule has 20 heavy (non-hydrogen) atoms. The standard InChI is InChI=1S/C18H20O2/c1-13-7-8-14(2)18(9-13)16(12-19)10-15-5-4-6-17(11-15)20-3/h4-11,19H,12H2,1-3H3/b16-10-. The monoisotopic (exact) mass is 268 g/mol. The van der Waals surface area contributed by atoms with Crippen molar-refractivity contribution in [2.75, 3.05) is 13.7 Å². The van der Waals surface area contributed by atoms with Crippen molar-refractivity contribution in [2.24, 2.45) is 0 Å². The molecule has 0 fully saturated rings. The first-order valence-corrected chi connectivity index (χ1v) is 6.67. The van der Waals surface area contributed by atoms with Gasteiger partial charge in [0.2, 0.25) is 0 Å². The Labute approximate surface area is 120 Å². The molecule has 0 saturated heterocycles. The molecule has 2 aromatic carbocycles. The van der Waals surface area contributed by atoms with Crippen LogP contribution in [-0.4, -0.2) is 18.8 Å². The number of ether oxygens (including phenoxy) is 1. The molecular formula is C18H20O2. The van der Waals surface area contributed by atoms with E-state index in [2.05, 4.69) is 32.0 Å². The summed E-state index contributed by atoms with van der Waals surface area (Å²) in [5.74, 6) is 0.817. The molecule has 2 aromatic rings. The van der Waals surface area contributed by atoms with Crippen LogP contribution in [-0.2, 0) is 0 Å². The summed E-state index contributed by atoms with van der Waals surface area (Å²) in [5.41, 5.74) is 5.39. The van der Waals surface area contributed by atoms with Gasteiger partial charge in [-0.3, -0.25) is 0 Å². The molecule has 0 saturated carbocycles. The second-order valence-corrected chi connectivity index (χ2v) is 4.92. The van der Waals surface area contributed by atoms with Crippen molar-refractivity contribution in [2.45, 2.75) is 13.8 Å². The van der Waals surface area contributed by atoms with E-state index < -0.39 is 0 Å². The van der Waals surface area contributed by atoms with Crippen molar-refractivity contribution in [1.82, 2.24) is 0 Å². The first kappa shape index (κ1) is 14.4. The number of hydrogen-bond acceptors (Lipinski definition) is 2. The van der Waals surface area contributed by atoms with Crippen LogP contribution >= 0.6 is 0 Å². The van der Waals surface area contributed by atoms with E-state index in [0.717, 1.165) is 22.4 Å². The van der Waals surface area contributed by atoms with Crippen LogP contribution in [0.4, 0.5) is 0 Å². The molecule has 2 nitrogen and oxygen atoms in total. The second-order valence-electron chi connectivity index (χ2n) is 4.92. The predicted molar refractivity (Wildman–Crippen MR) is 83.9 cm³/mol. The van der Waals surface area contributed by atoms with Gasteiger partial charge in [-0.1, -0.05) is 35.9 Å². The smallest absolute Gasteiger partial charge is 0.119 e. The Hall–Kier alpha value is -2.06. The van der Waals surface area contributed by atoms with E-state index in [-0.39, 0.29) is 6.61 Å². The predicted octanol–water partition coefficient (Wildman–Crippen LogP) is 3.84. The average Bonchev–Trinajstić information content (AvgIpc) is 2.47. The SMILES string of the molecule is COc1cccc(/C=C(/CO)c2cc(C)ccc2C)c1. The van der Waals surface area contributed by atoms with Gasteiger partial charge in [0.05, 0.1) is 13.7 Å². The van der Waals surface area contributed by atoms with E-state index in [1.807, 2.05) is 30.3 Å². The summed E-state index contributed by atoms with van der Waals surface area (Å²) in [6, 6.07) is 14.1. The van der Waals surface area contributed by atoms with Gasteiger partial charge in [-0.2, -0.15) is 0 Å². The molecule has 0 aliphatic rings. The lowest BCUT2D eigenvalue weighted by Gasteiger charge is -2.10. The maximum Gasteiger partial charge on any atom is 0.119 e. The molecule has 0 amide bonds. The van der Waals surface area contributed by atoms with Gasteiger partial charge in [0, 0.05) is 0 Å². The number of aliphatic hydroxyl groups excluding tert-OH is 1. The highest BCUT2D eigenvalue weighted by Gasteiger charge is 2.05. The molecular weight excluding hydrogens is 248 g/mol. The largest absolute Gasteiger partial charge is 0.497 e. The third kappa shape index (κ3) is 3.28.